The Bertz CT molecular complexity index is 435. The zero-order valence-electron chi connectivity index (χ0n) is 11.7. The first-order chi connectivity index (χ1) is 8.99. The summed E-state index contributed by atoms with van der Waals surface area (Å²) in [5.74, 6) is -1.88. The van der Waals surface area contributed by atoms with Gasteiger partial charge in [-0.3, -0.25) is 0 Å². The van der Waals surface area contributed by atoms with E-state index in [1.165, 1.54) is 12.3 Å². The number of hydrogen-bond acceptors (Lipinski definition) is 3. The maximum Gasteiger partial charge on any atom is 0.338 e. The van der Waals surface area contributed by atoms with Crippen LogP contribution in [0.25, 0.3) is 0 Å². The van der Waals surface area contributed by atoms with E-state index < -0.39 is 11.8 Å². The van der Waals surface area contributed by atoms with Crippen molar-refractivity contribution in [2.45, 2.75) is 46.1 Å². The monoisotopic (exact) mass is 268 g/mol. The second-order valence-corrected chi connectivity index (χ2v) is 4.80. The molecule has 0 aliphatic carbocycles. The predicted octanol–water partition coefficient (Wildman–Crippen LogP) is 3.32. The van der Waals surface area contributed by atoms with Crippen molar-refractivity contribution in [2.75, 3.05) is 11.4 Å². The molecule has 4 nitrogen and oxygen atoms in total. The van der Waals surface area contributed by atoms with Crippen molar-refractivity contribution >= 4 is 11.8 Å². The fourth-order valence-electron chi connectivity index (χ4n) is 1.94. The number of unbranched alkanes of at least 4 members (excludes halogenated alkanes) is 2. The molecule has 0 unspecified atom stereocenters. The van der Waals surface area contributed by atoms with Crippen LogP contribution in [0, 0.1) is 5.82 Å². The molecular formula is C14H21FN2O2. The minimum absolute atomic E-state index is 0.0721. The molecule has 1 N–H and O–H groups in total. The molecule has 0 fully saturated rings. The van der Waals surface area contributed by atoms with Crippen LogP contribution in [0.1, 0.15) is 50.4 Å². The topological polar surface area (TPSA) is 53.4 Å². The molecule has 5 heteroatoms. The van der Waals surface area contributed by atoms with Gasteiger partial charge in [0.25, 0.3) is 0 Å². The molecule has 0 spiro atoms. The fourth-order valence-corrected chi connectivity index (χ4v) is 1.94. The molecule has 0 aromatic carbocycles. The van der Waals surface area contributed by atoms with Gasteiger partial charge in [0.2, 0.25) is 0 Å². The van der Waals surface area contributed by atoms with E-state index in [4.69, 9.17) is 5.11 Å². The molecule has 0 saturated carbocycles. The first-order valence-electron chi connectivity index (χ1n) is 6.63. The van der Waals surface area contributed by atoms with Gasteiger partial charge in [-0.25, -0.2) is 14.2 Å². The van der Waals surface area contributed by atoms with E-state index in [9.17, 15) is 9.18 Å². The maximum atomic E-state index is 14.2. The lowest BCUT2D eigenvalue weighted by atomic mass is 10.2. The Morgan fingerprint density at radius 3 is 2.68 bits per heavy atom. The van der Waals surface area contributed by atoms with Crippen molar-refractivity contribution in [3.63, 3.8) is 0 Å². The third kappa shape index (κ3) is 3.91. The van der Waals surface area contributed by atoms with Crippen molar-refractivity contribution < 1.29 is 14.3 Å². The van der Waals surface area contributed by atoms with Crippen molar-refractivity contribution in [3.05, 3.63) is 23.6 Å². The van der Waals surface area contributed by atoms with Crippen LogP contribution in [0.5, 0.6) is 0 Å². The highest BCUT2D eigenvalue weighted by Crippen LogP contribution is 2.22. The summed E-state index contributed by atoms with van der Waals surface area (Å²) in [5.41, 5.74) is -0.328. The van der Waals surface area contributed by atoms with E-state index >= 15 is 0 Å². The normalized spacial score (nSPS) is 10.8. The standard InChI is InChI=1S/C14H21FN2O2/c1-4-5-6-9-17(10(2)3)13-12(15)11(14(18)19)7-8-16-13/h7-8,10H,4-6,9H2,1-3H3,(H,18,19). The summed E-state index contributed by atoms with van der Waals surface area (Å²) in [5, 5.41) is 8.94. The number of pyridine rings is 1. The minimum Gasteiger partial charge on any atom is -0.478 e. The van der Waals surface area contributed by atoms with E-state index in [-0.39, 0.29) is 17.4 Å². The van der Waals surface area contributed by atoms with Crippen LogP contribution in [0.3, 0.4) is 0 Å². The molecule has 0 amide bonds. The average molecular weight is 268 g/mol. The number of carbonyl (C=O) groups is 1. The Hall–Kier alpha value is -1.65. The largest absolute Gasteiger partial charge is 0.478 e. The minimum atomic E-state index is -1.27. The first kappa shape index (κ1) is 15.4. The molecule has 0 aliphatic rings. The quantitative estimate of drug-likeness (QED) is 0.771. The van der Waals surface area contributed by atoms with Crippen molar-refractivity contribution in [1.29, 1.82) is 0 Å². The number of halogens is 1. The molecule has 1 rings (SSSR count). The van der Waals surface area contributed by atoms with Gasteiger partial charge in [-0.05, 0) is 26.3 Å². The average Bonchev–Trinajstić information content (AvgIpc) is 2.35. The molecule has 0 bridgehead atoms. The van der Waals surface area contributed by atoms with Gasteiger partial charge in [0.05, 0.1) is 0 Å². The summed E-state index contributed by atoms with van der Waals surface area (Å²) in [6, 6.07) is 1.26. The molecule has 106 valence electrons. The van der Waals surface area contributed by atoms with Gasteiger partial charge in [-0.2, -0.15) is 0 Å². The van der Waals surface area contributed by atoms with E-state index in [0.717, 1.165) is 19.3 Å². The highest BCUT2D eigenvalue weighted by Gasteiger charge is 2.21. The maximum absolute atomic E-state index is 14.2. The Morgan fingerprint density at radius 2 is 2.16 bits per heavy atom. The van der Waals surface area contributed by atoms with Gasteiger partial charge in [0, 0.05) is 18.8 Å². The van der Waals surface area contributed by atoms with Crippen LogP contribution in [0.4, 0.5) is 10.2 Å². The molecule has 1 heterocycles. The van der Waals surface area contributed by atoms with Gasteiger partial charge in [0.15, 0.2) is 11.6 Å². The Balaban J connectivity index is 3.02. The molecule has 1 aromatic heterocycles. The SMILES string of the molecule is CCCCCN(c1nccc(C(=O)O)c1F)C(C)C. The van der Waals surface area contributed by atoms with Gasteiger partial charge >= 0.3 is 5.97 Å². The lowest BCUT2D eigenvalue weighted by Gasteiger charge is -2.28. The highest BCUT2D eigenvalue weighted by molar-refractivity contribution is 5.88. The third-order valence-electron chi connectivity index (χ3n) is 3.00. The number of carboxylic acids is 1. The van der Waals surface area contributed by atoms with Crippen LogP contribution in [-0.2, 0) is 0 Å². The molecule has 0 radical (unpaired) electrons. The smallest absolute Gasteiger partial charge is 0.338 e. The predicted molar refractivity (Wildman–Crippen MR) is 73.2 cm³/mol. The lowest BCUT2D eigenvalue weighted by Crippen LogP contribution is -2.33. The summed E-state index contributed by atoms with van der Waals surface area (Å²) < 4.78 is 14.2. The summed E-state index contributed by atoms with van der Waals surface area (Å²) in [7, 11) is 0. The van der Waals surface area contributed by atoms with Gasteiger partial charge in [-0.1, -0.05) is 19.8 Å². The summed E-state index contributed by atoms with van der Waals surface area (Å²) in [6.45, 7) is 6.67. The van der Waals surface area contributed by atoms with E-state index in [2.05, 4.69) is 11.9 Å². The van der Waals surface area contributed by atoms with Crippen LogP contribution >= 0.6 is 0 Å². The van der Waals surface area contributed by atoms with E-state index in [0.29, 0.717) is 6.54 Å². The van der Waals surface area contributed by atoms with Crippen LogP contribution in [0.2, 0.25) is 0 Å². The molecule has 0 aliphatic heterocycles. The van der Waals surface area contributed by atoms with Gasteiger partial charge < -0.3 is 10.0 Å². The first-order valence-corrected chi connectivity index (χ1v) is 6.63. The Labute approximate surface area is 113 Å². The molecule has 1 aromatic rings. The number of nitrogens with zero attached hydrogens (tertiary/aromatic N) is 2. The van der Waals surface area contributed by atoms with Crippen molar-refractivity contribution in [3.8, 4) is 0 Å². The Morgan fingerprint density at radius 1 is 1.47 bits per heavy atom. The summed E-state index contributed by atoms with van der Waals surface area (Å²) >= 11 is 0. The van der Waals surface area contributed by atoms with E-state index in [1.807, 2.05) is 18.7 Å². The number of rotatable bonds is 7. The number of aromatic carboxylic acids is 1. The van der Waals surface area contributed by atoms with Crippen molar-refractivity contribution in [2.24, 2.45) is 0 Å². The second-order valence-electron chi connectivity index (χ2n) is 4.80. The number of aromatic nitrogens is 1. The number of hydrogen-bond donors (Lipinski definition) is 1. The third-order valence-corrected chi connectivity index (χ3v) is 3.00. The molecular weight excluding hydrogens is 247 g/mol. The highest BCUT2D eigenvalue weighted by atomic mass is 19.1. The van der Waals surface area contributed by atoms with Gasteiger partial charge in [-0.15, -0.1) is 0 Å². The molecule has 19 heavy (non-hydrogen) atoms. The molecule has 0 saturated heterocycles. The fraction of sp³-hybridized carbons (Fsp3) is 0.571. The van der Waals surface area contributed by atoms with Crippen LogP contribution in [-0.4, -0.2) is 28.6 Å². The molecule has 0 atom stereocenters. The van der Waals surface area contributed by atoms with Crippen molar-refractivity contribution in [1.82, 2.24) is 4.98 Å². The van der Waals surface area contributed by atoms with Gasteiger partial charge in [0.1, 0.15) is 5.56 Å². The zero-order valence-corrected chi connectivity index (χ0v) is 11.7. The number of anilines is 1. The Kier molecular flexibility index (Phi) is 5.73. The summed E-state index contributed by atoms with van der Waals surface area (Å²) in [4.78, 5) is 16.8. The van der Waals surface area contributed by atoms with Crippen LogP contribution in [0.15, 0.2) is 12.3 Å². The number of carboxylic acid groups (broad SMARTS) is 1. The lowest BCUT2D eigenvalue weighted by molar-refractivity contribution is 0.0691. The van der Waals surface area contributed by atoms with Crippen LogP contribution < -0.4 is 4.90 Å². The summed E-state index contributed by atoms with van der Waals surface area (Å²) in [6.07, 6.45) is 4.42. The van der Waals surface area contributed by atoms with E-state index in [1.54, 1.807) is 0 Å². The zero-order chi connectivity index (χ0) is 14.4. The second kappa shape index (κ2) is 7.07.